The van der Waals surface area contributed by atoms with Crippen LogP contribution in [0.25, 0.3) is 11.4 Å². The van der Waals surface area contributed by atoms with Crippen LogP contribution in [-0.2, 0) is 17.8 Å². The standard InChI is InChI=1S/C23H23F2N5O/c1-23(2,3)22(31)30-9-6-19-18(13-30)21(27-17-11-15(24)10-16(25)12-17)29-20(28-19)14-4-7-26-8-5-14/h4-5,7-8,10-12H,6,9,13H2,1-3H3,(H,27,28,29). The van der Waals surface area contributed by atoms with Crippen molar-refractivity contribution in [3.05, 3.63) is 65.6 Å². The quantitative estimate of drug-likeness (QED) is 0.672. The van der Waals surface area contributed by atoms with Gasteiger partial charge >= 0.3 is 0 Å². The van der Waals surface area contributed by atoms with E-state index in [4.69, 9.17) is 4.98 Å². The number of carbonyl (C=O) groups is 1. The van der Waals surface area contributed by atoms with Crippen LogP contribution in [0, 0.1) is 17.0 Å². The highest BCUT2D eigenvalue weighted by molar-refractivity contribution is 5.82. The zero-order valence-corrected chi connectivity index (χ0v) is 17.6. The Labute approximate surface area is 179 Å². The summed E-state index contributed by atoms with van der Waals surface area (Å²) in [7, 11) is 0. The Bertz CT molecular complexity index is 1110. The Morgan fingerprint density at radius 1 is 1.06 bits per heavy atom. The van der Waals surface area contributed by atoms with E-state index in [2.05, 4.69) is 15.3 Å². The summed E-state index contributed by atoms with van der Waals surface area (Å²) in [6, 6.07) is 6.80. The molecule has 0 saturated carbocycles. The zero-order valence-electron chi connectivity index (χ0n) is 17.6. The number of rotatable bonds is 3. The average molecular weight is 423 g/mol. The first-order chi connectivity index (χ1) is 14.7. The molecule has 0 bridgehead atoms. The molecular formula is C23H23F2N5O. The molecule has 0 atom stereocenters. The molecule has 1 amide bonds. The molecule has 31 heavy (non-hydrogen) atoms. The molecule has 6 nitrogen and oxygen atoms in total. The Kier molecular flexibility index (Phi) is 5.39. The summed E-state index contributed by atoms with van der Waals surface area (Å²) < 4.78 is 27.5. The predicted molar refractivity (Wildman–Crippen MR) is 113 cm³/mol. The van der Waals surface area contributed by atoms with Gasteiger partial charge in [-0.2, -0.15) is 0 Å². The maximum atomic E-state index is 13.7. The number of fused-ring (bicyclic) bond motifs is 1. The number of nitrogens with one attached hydrogen (secondary N) is 1. The normalized spacial score (nSPS) is 13.6. The minimum atomic E-state index is -0.690. The lowest BCUT2D eigenvalue weighted by Crippen LogP contribution is -2.42. The molecule has 1 aromatic carbocycles. The van der Waals surface area contributed by atoms with Crippen molar-refractivity contribution in [1.29, 1.82) is 0 Å². The molecule has 0 saturated heterocycles. The molecule has 160 valence electrons. The van der Waals surface area contributed by atoms with Crippen LogP contribution in [-0.4, -0.2) is 32.3 Å². The van der Waals surface area contributed by atoms with Crippen molar-refractivity contribution >= 4 is 17.4 Å². The largest absolute Gasteiger partial charge is 0.340 e. The minimum absolute atomic E-state index is 0.0270. The second-order valence-electron chi connectivity index (χ2n) is 8.57. The second kappa shape index (κ2) is 8.02. The molecule has 1 aliphatic rings. The van der Waals surface area contributed by atoms with E-state index in [1.807, 2.05) is 20.8 Å². The monoisotopic (exact) mass is 423 g/mol. The minimum Gasteiger partial charge on any atom is -0.340 e. The lowest BCUT2D eigenvalue weighted by atomic mass is 9.93. The van der Waals surface area contributed by atoms with Crippen LogP contribution in [0.15, 0.2) is 42.7 Å². The predicted octanol–water partition coefficient (Wildman–Crippen LogP) is 4.49. The number of amides is 1. The van der Waals surface area contributed by atoms with E-state index in [9.17, 15) is 13.6 Å². The van der Waals surface area contributed by atoms with Crippen LogP contribution < -0.4 is 5.32 Å². The molecule has 8 heteroatoms. The van der Waals surface area contributed by atoms with Gasteiger partial charge in [0.25, 0.3) is 0 Å². The lowest BCUT2D eigenvalue weighted by molar-refractivity contribution is -0.140. The maximum Gasteiger partial charge on any atom is 0.228 e. The fraction of sp³-hybridized carbons (Fsp3) is 0.304. The highest BCUT2D eigenvalue weighted by Gasteiger charge is 2.32. The second-order valence-corrected chi connectivity index (χ2v) is 8.57. The third kappa shape index (κ3) is 4.52. The number of hydrogen-bond donors (Lipinski definition) is 1. The van der Waals surface area contributed by atoms with Gasteiger partial charge in [-0.3, -0.25) is 9.78 Å². The van der Waals surface area contributed by atoms with Crippen LogP contribution >= 0.6 is 0 Å². The summed E-state index contributed by atoms with van der Waals surface area (Å²) in [5.41, 5.74) is 2.04. The third-order valence-electron chi connectivity index (χ3n) is 5.05. The van der Waals surface area contributed by atoms with Crippen molar-refractivity contribution in [3.63, 3.8) is 0 Å². The van der Waals surface area contributed by atoms with Gasteiger partial charge in [-0.15, -0.1) is 0 Å². The first-order valence-electron chi connectivity index (χ1n) is 10.0. The topological polar surface area (TPSA) is 71.0 Å². The summed E-state index contributed by atoms with van der Waals surface area (Å²) in [6.07, 6.45) is 3.86. The summed E-state index contributed by atoms with van der Waals surface area (Å²) in [5.74, 6) is -0.447. The third-order valence-corrected chi connectivity index (χ3v) is 5.05. The molecule has 0 unspecified atom stereocenters. The highest BCUT2D eigenvalue weighted by Crippen LogP contribution is 2.31. The van der Waals surface area contributed by atoms with Crippen molar-refractivity contribution in [1.82, 2.24) is 19.9 Å². The fourth-order valence-corrected chi connectivity index (χ4v) is 3.56. The molecule has 0 aliphatic carbocycles. The maximum absolute atomic E-state index is 13.7. The van der Waals surface area contributed by atoms with Gasteiger partial charge in [-0.05, 0) is 24.3 Å². The molecule has 0 spiro atoms. The number of halogens is 2. The smallest absolute Gasteiger partial charge is 0.228 e. The average Bonchev–Trinajstić information content (AvgIpc) is 2.72. The first-order valence-corrected chi connectivity index (χ1v) is 10.0. The van der Waals surface area contributed by atoms with E-state index in [-0.39, 0.29) is 11.6 Å². The Balaban J connectivity index is 1.78. The van der Waals surface area contributed by atoms with Gasteiger partial charge in [0.2, 0.25) is 5.91 Å². The van der Waals surface area contributed by atoms with Crippen LogP contribution in [0.3, 0.4) is 0 Å². The summed E-state index contributed by atoms with van der Waals surface area (Å²) >= 11 is 0. The molecule has 3 aromatic rings. The van der Waals surface area contributed by atoms with Gasteiger partial charge in [0.15, 0.2) is 5.82 Å². The SMILES string of the molecule is CC(C)(C)C(=O)N1CCc2nc(-c3ccncc3)nc(Nc3cc(F)cc(F)c3)c2C1. The first kappa shape index (κ1) is 20.8. The van der Waals surface area contributed by atoms with Crippen molar-refractivity contribution < 1.29 is 13.6 Å². The van der Waals surface area contributed by atoms with E-state index in [0.717, 1.165) is 22.9 Å². The van der Waals surface area contributed by atoms with Gasteiger partial charge < -0.3 is 10.2 Å². The Morgan fingerprint density at radius 2 is 1.74 bits per heavy atom. The molecule has 1 aliphatic heterocycles. The number of nitrogens with zero attached hydrogens (tertiary/aromatic N) is 4. The number of benzene rings is 1. The number of hydrogen-bond acceptors (Lipinski definition) is 5. The van der Waals surface area contributed by atoms with Crippen LogP contribution in [0.4, 0.5) is 20.3 Å². The van der Waals surface area contributed by atoms with Crippen molar-refractivity contribution in [3.8, 4) is 11.4 Å². The fourth-order valence-electron chi connectivity index (χ4n) is 3.56. The van der Waals surface area contributed by atoms with Gasteiger partial charge in [-0.25, -0.2) is 18.7 Å². The Hall–Kier alpha value is -3.42. The molecule has 0 fully saturated rings. The summed E-state index contributed by atoms with van der Waals surface area (Å²) in [6.45, 7) is 6.50. The zero-order chi connectivity index (χ0) is 22.2. The van der Waals surface area contributed by atoms with Gasteiger partial charge in [0.05, 0.1) is 12.2 Å². The van der Waals surface area contributed by atoms with E-state index < -0.39 is 17.0 Å². The van der Waals surface area contributed by atoms with Gasteiger partial charge in [0, 0.05) is 53.7 Å². The van der Waals surface area contributed by atoms with Crippen molar-refractivity contribution in [2.24, 2.45) is 5.41 Å². The van der Waals surface area contributed by atoms with E-state index >= 15 is 0 Å². The van der Waals surface area contributed by atoms with Crippen molar-refractivity contribution in [2.75, 3.05) is 11.9 Å². The molecule has 2 aromatic heterocycles. The number of pyridine rings is 1. The number of aromatic nitrogens is 3. The van der Waals surface area contributed by atoms with Crippen LogP contribution in [0.1, 0.15) is 32.0 Å². The van der Waals surface area contributed by atoms with E-state index in [0.29, 0.717) is 31.2 Å². The van der Waals surface area contributed by atoms with Crippen LogP contribution in [0.5, 0.6) is 0 Å². The number of carbonyl (C=O) groups excluding carboxylic acids is 1. The number of anilines is 2. The van der Waals surface area contributed by atoms with E-state index in [1.54, 1.807) is 29.4 Å². The molecule has 4 rings (SSSR count). The van der Waals surface area contributed by atoms with Gasteiger partial charge in [-0.1, -0.05) is 20.8 Å². The lowest BCUT2D eigenvalue weighted by Gasteiger charge is -2.34. The summed E-state index contributed by atoms with van der Waals surface area (Å²) in [4.78, 5) is 28.0. The molecule has 1 N–H and O–H groups in total. The van der Waals surface area contributed by atoms with Crippen molar-refractivity contribution in [2.45, 2.75) is 33.7 Å². The highest BCUT2D eigenvalue weighted by atomic mass is 19.1. The molecular weight excluding hydrogens is 400 g/mol. The van der Waals surface area contributed by atoms with E-state index in [1.165, 1.54) is 12.1 Å². The Morgan fingerprint density at radius 3 is 2.39 bits per heavy atom. The van der Waals surface area contributed by atoms with Crippen LogP contribution in [0.2, 0.25) is 0 Å². The summed E-state index contributed by atoms with van der Waals surface area (Å²) in [5, 5.41) is 3.04. The molecule has 3 heterocycles. The molecule has 0 radical (unpaired) electrons. The van der Waals surface area contributed by atoms with Gasteiger partial charge in [0.1, 0.15) is 17.5 Å².